The zero-order valence-corrected chi connectivity index (χ0v) is 13.3. The Morgan fingerprint density at radius 3 is 2.67 bits per heavy atom. The van der Waals surface area contributed by atoms with E-state index in [1.807, 2.05) is 0 Å². The molecule has 2 amide bonds. The summed E-state index contributed by atoms with van der Waals surface area (Å²) in [5.74, 6) is 0.703. The fourth-order valence-electron chi connectivity index (χ4n) is 1.84. The van der Waals surface area contributed by atoms with Crippen molar-refractivity contribution in [1.29, 1.82) is 0 Å². The van der Waals surface area contributed by atoms with Gasteiger partial charge in [0, 0.05) is 13.1 Å². The fraction of sp³-hybridized carbons (Fsp3) is 0.357. The van der Waals surface area contributed by atoms with Gasteiger partial charge in [0.25, 0.3) is 0 Å². The number of aromatic nitrogens is 3. The maximum Gasteiger partial charge on any atom is 0.359 e. The maximum absolute atomic E-state index is 11.7. The molecular formula is C14H20N8O2. The van der Waals surface area contributed by atoms with Crippen LogP contribution in [0.2, 0.25) is 0 Å². The van der Waals surface area contributed by atoms with Crippen LogP contribution in [0.5, 0.6) is 5.75 Å². The number of carbonyl (C=O) groups is 1. The minimum atomic E-state index is -0.574. The van der Waals surface area contributed by atoms with Gasteiger partial charge in [0.2, 0.25) is 0 Å². The number of amides is 2. The molecule has 1 aromatic carbocycles. The number of nitrogens with zero attached hydrogens (tertiary/aromatic N) is 5. The van der Waals surface area contributed by atoms with E-state index in [1.165, 1.54) is 0 Å². The Hall–Kier alpha value is -2.85. The molecule has 0 saturated carbocycles. The highest BCUT2D eigenvalue weighted by Crippen LogP contribution is 2.17. The summed E-state index contributed by atoms with van der Waals surface area (Å²) in [7, 11) is 1.57. The van der Waals surface area contributed by atoms with E-state index < -0.39 is 6.03 Å². The van der Waals surface area contributed by atoms with E-state index in [9.17, 15) is 4.79 Å². The molecule has 0 aliphatic carbocycles. The Kier molecular flexibility index (Phi) is 6.34. The molecule has 24 heavy (non-hydrogen) atoms. The summed E-state index contributed by atoms with van der Waals surface area (Å²) in [6, 6.07) is 6.17. The lowest BCUT2D eigenvalue weighted by Crippen LogP contribution is -2.27. The van der Waals surface area contributed by atoms with E-state index in [1.54, 1.807) is 42.3 Å². The Balaban J connectivity index is 1.85. The maximum atomic E-state index is 11.7. The molecule has 128 valence electrons. The summed E-state index contributed by atoms with van der Waals surface area (Å²) in [6.07, 6.45) is 1.69. The SMILES string of the molecule is COc1ccc(N=NC(=O)NCc2cn(C(CN)CN)nn2)cc1. The summed E-state index contributed by atoms with van der Waals surface area (Å²) < 4.78 is 6.62. The zero-order chi connectivity index (χ0) is 17.4. The number of carbonyl (C=O) groups excluding carboxylic acids is 1. The Bertz CT molecular complexity index is 678. The van der Waals surface area contributed by atoms with E-state index in [0.717, 1.165) is 0 Å². The van der Waals surface area contributed by atoms with Crippen molar-refractivity contribution < 1.29 is 9.53 Å². The summed E-state index contributed by atoms with van der Waals surface area (Å²) >= 11 is 0. The normalized spacial score (nSPS) is 11.2. The molecule has 5 N–H and O–H groups in total. The summed E-state index contributed by atoms with van der Waals surface area (Å²) in [4.78, 5) is 11.7. The number of rotatable bonds is 7. The Morgan fingerprint density at radius 2 is 2.04 bits per heavy atom. The molecule has 0 unspecified atom stereocenters. The topological polar surface area (TPSA) is 146 Å². The number of azo groups is 1. The van der Waals surface area contributed by atoms with Gasteiger partial charge in [-0.15, -0.1) is 10.2 Å². The standard InChI is InChI=1S/C14H20N8O2/c1-24-13-4-2-10(3-5-13)18-20-14(23)17-8-11-9-22(21-19-11)12(6-15)7-16/h2-5,9,12H,6-8,15-16H2,1H3,(H,17,23). The van der Waals surface area contributed by atoms with Crippen LogP contribution in [0.4, 0.5) is 10.5 Å². The number of hydrogen-bond donors (Lipinski definition) is 3. The monoisotopic (exact) mass is 332 g/mol. The first-order valence-electron chi connectivity index (χ1n) is 7.30. The van der Waals surface area contributed by atoms with Crippen molar-refractivity contribution >= 4 is 11.7 Å². The van der Waals surface area contributed by atoms with Crippen LogP contribution in [0.15, 0.2) is 40.7 Å². The van der Waals surface area contributed by atoms with Crippen LogP contribution in [0.25, 0.3) is 0 Å². The number of ether oxygens (including phenoxy) is 1. The van der Waals surface area contributed by atoms with Gasteiger partial charge >= 0.3 is 6.03 Å². The van der Waals surface area contributed by atoms with E-state index in [0.29, 0.717) is 30.2 Å². The van der Waals surface area contributed by atoms with Gasteiger partial charge in [-0.1, -0.05) is 10.3 Å². The predicted molar refractivity (Wildman–Crippen MR) is 86.9 cm³/mol. The highest BCUT2D eigenvalue weighted by atomic mass is 16.5. The van der Waals surface area contributed by atoms with Crippen molar-refractivity contribution in [1.82, 2.24) is 20.3 Å². The third-order valence-electron chi connectivity index (χ3n) is 3.23. The van der Waals surface area contributed by atoms with Crippen molar-refractivity contribution in [2.24, 2.45) is 21.7 Å². The highest BCUT2D eigenvalue weighted by molar-refractivity contribution is 5.74. The molecule has 1 heterocycles. The van der Waals surface area contributed by atoms with Crippen molar-refractivity contribution in [3.63, 3.8) is 0 Å². The number of hydrogen-bond acceptors (Lipinski definition) is 7. The second-order valence-electron chi connectivity index (χ2n) is 4.87. The van der Waals surface area contributed by atoms with Gasteiger partial charge in [-0.05, 0) is 24.3 Å². The number of urea groups is 1. The van der Waals surface area contributed by atoms with Gasteiger partial charge in [-0.25, -0.2) is 9.48 Å². The zero-order valence-electron chi connectivity index (χ0n) is 13.3. The third kappa shape index (κ3) is 4.83. The highest BCUT2D eigenvalue weighted by Gasteiger charge is 2.10. The minimum absolute atomic E-state index is 0.114. The number of methoxy groups -OCH3 is 1. The van der Waals surface area contributed by atoms with Crippen LogP contribution in [0.3, 0.4) is 0 Å². The molecule has 2 aromatic rings. The van der Waals surface area contributed by atoms with Crippen molar-refractivity contribution in [3.05, 3.63) is 36.2 Å². The second-order valence-corrected chi connectivity index (χ2v) is 4.87. The van der Waals surface area contributed by atoms with Gasteiger partial charge in [0.15, 0.2) is 0 Å². The number of benzene rings is 1. The Labute approximate surface area is 138 Å². The van der Waals surface area contributed by atoms with Crippen LogP contribution in [0, 0.1) is 0 Å². The first kappa shape index (κ1) is 17.5. The lowest BCUT2D eigenvalue weighted by atomic mass is 10.3. The van der Waals surface area contributed by atoms with Crippen LogP contribution >= 0.6 is 0 Å². The lowest BCUT2D eigenvalue weighted by Gasteiger charge is -2.10. The lowest BCUT2D eigenvalue weighted by molar-refractivity contribution is 0.247. The van der Waals surface area contributed by atoms with E-state index in [-0.39, 0.29) is 12.6 Å². The fourth-order valence-corrected chi connectivity index (χ4v) is 1.84. The van der Waals surface area contributed by atoms with Crippen LogP contribution in [0.1, 0.15) is 11.7 Å². The molecule has 0 bridgehead atoms. The number of nitrogens with one attached hydrogen (secondary N) is 1. The second kappa shape index (κ2) is 8.70. The molecule has 0 aliphatic heterocycles. The van der Waals surface area contributed by atoms with Gasteiger partial charge in [-0.2, -0.15) is 0 Å². The van der Waals surface area contributed by atoms with Crippen LogP contribution in [-0.2, 0) is 6.54 Å². The quantitative estimate of drug-likeness (QED) is 0.637. The number of nitrogens with two attached hydrogens (primary N) is 2. The summed E-state index contributed by atoms with van der Waals surface area (Å²) in [5.41, 5.74) is 12.3. The molecule has 0 saturated heterocycles. The molecule has 0 aliphatic rings. The van der Waals surface area contributed by atoms with Gasteiger partial charge < -0.3 is 21.5 Å². The molecule has 2 rings (SSSR count). The van der Waals surface area contributed by atoms with Gasteiger partial charge in [0.05, 0.1) is 31.6 Å². The van der Waals surface area contributed by atoms with Crippen molar-refractivity contribution in [3.8, 4) is 5.75 Å². The average molecular weight is 332 g/mol. The molecular weight excluding hydrogens is 312 g/mol. The van der Waals surface area contributed by atoms with Crippen LogP contribution in [-0.4, -0.2) is 41.2 Å². The first-order chi connectivity index (χ1) is 11.7. The molecule has 10 heteroatoms. The molecule has 1 aromatic heterocycles. The summed E-state index contributed by atoms with van der Waals surface area (Å²) in [6.45, 7) is 0.909. The third-order valence-corrected chi connectivity index (χ3v) is 3.23. The smallest absolute Gasteiger partial charge is 0.359 e. The van der Waals surface area contributed by atoms with Crippen molar-refractivity contribution in [2.75, 3.05) is 20.2 Å². The van der Waals surface area contributed by atoms with Gasteiger partial charge in [-0.3, -0.25) is 0 Å². The van der Waals surface area contributed by atoms with Crippen LogP contribution < -0.4 is 21.5 Å². The average Bonchev–Trinajstić information content (AvgIpc) is 3.08. The molecule has 0 radical (unpaired) electrons. The van der Waals surface area contributed by atoms with E-state index >= 15 is 0 Å². The Morgan fingerprint density at radius 1 is 1.33 bits per heavy atom. The molecule has 0 atom stereocenters. The molecule has 0 fully saturated rings. The molecule has 10 nitrogen and oxygen atoms in total. The summed E-state index contributed by atoms with van der Waals surface area (Å²) in [5, 5.41) is 17.9. The van der Waals surface area contributed by atoms with E-state index in [2.05, 4.69) is 25.9 Å². The largest absolute Gasteiger partial charge is 0.497 e. The van der Waals surface area contributed by atoms with Gasteiger partial charge in [0.1, 0.15) is 11.4 Å². The minimum Gasteiger partial charge on any atom is -0.497 e. The molecule has 0 spiro atoms. The first-order valence-corrected chi connectivity index (χ1v) is 7.30. The van der Waals surface area contributed by atoms with E-state index in [4.69, 9.17) is 16.2 Å². The predicted octanol–water partition coefficient (Wildman–Crippen LogP) is 0.739. The van der Waals surface area contributed by atoms with Crippen molar-refractivity contribution in [2.45, 2.75) is 12.6 Å².